The number of aromatic nitrogens is 1. The lowest BCUT2D eigenvalue weighted by molar-refractivity contribution is 0.395. The lowest BCUT2D eigenvalue weighted by Crippen LogP contribution is -2.26. The first kappa shape index (κ1) is 10.8. The van der Waals surface area contributed by atoms with Crippen molar-refractivity contribution in [2.45, 2.75) is 44.6 Å². The summed E-state index contributed by atoms with van der Waals surface area (Å²) >= 11 is 0. The molecule has 3 N–H and O–H groups in total. The van der Waals surface area contributed by atoms with Gasteiger partial charge in [-0.3, -0.25) is 0 Å². The summed E-state index contributed by atoms with van der Waals surface area (Å²) in [5, 5.41) is 1.39. The Balaban J connectivity index is 2.01. The molecule has 2 unspecified atom stereocenters. The van der Waals surface area contributed by atoms with Gasteiger partial charge in [-0.15, -0.1) is 0 Å². The Morgan fingerprint density at radius 2 is 2.18 bits per heavy atom. The molecular weight excluding hydrogens is 208 g/mol. The Hall–Kier alpha value is -1.28. The van der Waals surface area contributed by atoms with Gasteiger partial charge >= 0.3 is 0 Å². The van der Waals surface area contributed by atoms with Gasteiger partial charge in [-0.2, -0.15) is 0 Å². The lowest BCUT2D eigenvalue weighted by Gasteiger charge is -2.26. The summed E-state index contributed by atoms with van der Waals surface area (Å²) in [5.41, 5.74) is 10.2. The molecule has 1 aromatic heterocycles. The number of fused-ring (bicyclic) bond motifs is 1. The molecular formula is C15H20N2. The van der Waals surface area contributed by atoms with Crippen molar-refractivity contribution in [2.75, 3.05) is 0 Å². The Labute approximate surface area is 102 Å². The van der Waals surface area contributed by atoms with Crippen LogP contribution in [0.25, 0.3) is 10.9 Å². The van der Waals surface area contributed by atoms with Gasteiger partial charge in [0.2, 0.25) is 0 Å². The van der Waals surface area contributed by atoms with E-state index in [1.807, 2.05) is 0 Å². The minimum atomic E-state index is 0.392. The van der Waals surface area contributed by atoms with Crippen LogP contribution in [0.2, 0.25) is 0 Å². The van der Waals surface area contributed by atoms with Crippen LogP contribution in [0.5, 0.6) is 0 Å². The molecule has 2 atom stereocenters. The van der Waals surface area contributed by atoms with Gasteiger partial charge in [0.25, 0.3) is 0 Å². The molecule has 1 fully saturated rings. The summed E-state index contributed by atoms with van der Waals surface area (Å²) in [7, 11) is 0. The second-order valence-electron chi connectivity index (χ2n) is 5.42. The predicted octanol–water partition coefficient (Wildman–Crippen LogP) is 3.46. The maximum Gasteiger partial charge on any atom is 0.0457 e. The van der Waals surface area contributed by atoms with Crippen LogP contribution < -0.4 is 5.73 Å². The molecule has 90 valence electrons. The van der Waals surface area contributed by atoms with Gasteiger partial charge in [-0.05, 0) is 49.8 Å². The van der Waals surface area contributed by atoms with E-state index in [4.69, 9.17) is 5.73 Å². The van der Waals surface area contributed by atoms with Crippen LogP contribution in [0.3, 0.4) is 0 Å². The molecule has 1 heterocycles. The fourth-order valence-electron chi connectivity index (χ4n) is 3.10. The van der Waals surface area contributed by atoms with Crippen molar-refractivity contribution in [3.05, 3.63) is 35.5 Å². The van der Waals surface area contributed by atoms with Crippen molar-refractivity contribution in [2.24, 2.45) is 5.73 Å². The smallest absolute Gasteiger partial charge is 0.0457 e. The zero-order chi connectivity index (χ0) is 11.8. The highest BCUT2D eigenvalue weighted by Gasteiger charge is 2.22. The molecule has 1 saturated carbocycles. The normalized spacial score (nSPS) is 25.3. The van der Waals surface area contributed by atoms with E-state index in [0.29, 0.717) is 12.0 Å². The van der Waals surface area contributed by atoms with Gasteiger partial charge < -0.3 is 10.7 Å². The van der Waals surface area contributed by atoms with Crippen molar-refractivity contribution >= 4 is 10.9 Å². The Morgan fingerprint density at radius 3 is 3.00 bits per heavy atom. The summed E-state index contributed by atoms with van der Waals surface area (Å²) in [6.45, 7) is 2.16. The van der Waals surface area contributed by atoms with E-state index in [1.54, 1.807) is 0 Å². The maximum atomic E-state index is 6.09. The molecule has 3 rings (SSSR count). The Morgan fingerprint density at radius 1 is 1.29 bits per heavy atom. The number of hydrogen-bond donors (Lipinski definition) is 2. The first-order chi connectivity index (χ1) is 8.24. The molecule has 0 spiro atoms. The highest BCUT2D eigenvalue weighted by atomic mass is 14.7. The summed E-state index contributed by atoms with van der Waals surface area (Å²) < 4.78 is 0. The zero-order valence-electron chi connectivity index (χ0n) is 10.4. The lowest BCUT2D eigenvalue weighted by atomic mass is 9.81. The molecule has 1 aliphatic carbocycles. The molecule has 0 bridgehead atoms. The Kier molecular flexibility index (Phi) is 2.67. The summed E-state index contributed by atoms with van der Waals surface area (Å²) in [6, 6.07) is 7.02. The van der Waals surface area contributed by atoms with E-state index < -0.39 is 0 Å². The number of H-pyrrole nitrogens is 1. The van der Waals surface area contributed by atoms with Gasteiger partial charge in [0.05, 0.1) is 0 Å². The number of nitrogens with one attached hydrogen (secondary N) is 1. The summed E-state index contributed by atoms with van der Waals surface area (Å²) in [4.78, 5) is 3.39. The summed E-state index contributed by atoms with van der Waals surface area (Å²) in [5.74, 6) is 0.647. The molecule has 0 aliphatic heterocycles. The van der Waals surface area contributed by atoms with Crippen LogP contribution in [0.1, 0.15) is 42.7 Å². The van der Waals surface area contributed by atoms with Crippen molar-refractivity contribution in [1.29, 1.82) is 0 Å². The van der Waals surface area contributed by atoms with Crippen molar-refractivity contribution < 1.29 is 0 Å². The molecule has 17 heavy (non-hydrogen) atoms. The number of hydrogen-bond acceptors (Lipinski definition) is 1. The van der Waals surface area contributed by atoms with Gasteiger partial charge in [-0.25, -0.2) is 0 Å². The quantitative estimate of drug-likeness (QED) is 0.771. The second-order valence-corrected chi connectivity index (χ2v) is 5.42. The number of aromatic amines is 1. The summed E-state index contributed by atoms with van der Waals surface area (Å²) in [6.07, 6.45) is 7.07. The molecule has 1 aromatic carbocycles. The van der Waals surface area contributed by atoms with Crippen LogP contribution in [0.4, 0.5) is 0 Å². The molecule has 2 aromatic rings. The minimum absolute atomic E-state index is 0.392. The second kappa shape index (κ2) is 4.19. The van der Waals surface area contributed by atoms with Gasteiger partial charge in [0, 0.05) is 23.1 Å². The van der Waals surface area contributed by atoms with Crippen molar-refractivity contribution in [3.8, 4) is 0 Å². The third kappa shape index (κ3) is 1.98. The Bertz CT molecular complexity index is 527. The molecule has 2 nitrogen and oxygen atoms in total. The van der Waals surface area contributed by atoms with E-state index in [2.05, 4.69) is 36.3 Å². The number of aryl methyl sites for hydroxylation is 1. The van der Waals surface area contributed by atoms with Gasteiger partial charge in [-0.1, -0.05) is 18.1 Å². The van der Waals surface area contributed by atoms with Crippen LogP contribution in [0, 0.1) is 6.92 Å². The average molecular weight is 228 g/mol. The van der Waals surface area contributed by atoms with E-state index in [0.717, 1.165) is 6.42 Å². The standard InChI is InChI=1S/C15H20N2/c1-10-5-6-15-13(7-10)14(9-17-15)11-3-2-4-12(16)8-11/h5-7,9,11-12,17H,2-4,8,16H2,1H3. The van der Waals surface area contributed by atoms with Crippen LogP contribution in [-0.2, 0) is 0 Å². The van der Waals surface area contributed by atoms with Crippen molar-refractivity contribution in [1.82, 2.24) is 4.98 Å². The SMILES string of the molecule is Cc1ccc2[nH]cc(C3CCCC(N)C3)c2c1. The fraction of sp³-hybridized carbons (Fsp3) is 0.467. The maximum absolute atomic E-state index is 6.09. The largest absolute Gasteiger partial charge is 0.361 e. The average Bonchev–Trinajstić information content (AvgIpc) is 2.71. The topological polar surface area (TPSA) is 41.8 Å². The minimum Gasteiger partial charge on any atom is -0.361 e. The molecule has 0 saturated heterocycles. The van der Waals surface area contributed by atoms with Crippen LogP contribution in [-0.4, -0.2) is 11.0 Å². The third-order valence-electron chi connectivity index (χ3n) is 4.02. The fourth-order valence-corrected chi connectivity index (χ4v) is 3.10. The van der Waals surface area contributed by atoms with Crippen LogP contribution >= 0.6 is 0 Å². The molecule has 0 amide bonds. The highest BCUT2D eigenvalue weighted by molar-refractivity contribution is 5.84. The third-order valence-corrected chi connectivity index (χ3v) is 4.02. The van der Waals surface area contributed by atoms with E-state index in [-0.39, 0.29) is 0 Å². The van der Waals surface area contributed by atoms with E-state index in [1.165, 1.54) is 41.3 Å². The van der Waals surface area contributed by atoms with Crippen molar-refractivity contribution in [3.63, 3.8) is 0 Å². The molecule has 1 aliphatic rings. The first-order valence-corrected chi connectivity index (χ1v) is 6.57. The zero-order valence-corrected chi connectivity index (χ0v) is 10.4. The van der Waals surface area contributed by atoms with Gasteiger partial charge in [0.15, 0.2) is 0 Å². The van der Waals surface area contributed by atoms with E-state index in [9.17, 15) is 0 Å². The predicted molar refractivity (Wildman–Crippen MR) is 72.2 cm³/mol. The monoisotopic (exact) mass is 228 g/mol. The van der Waals surface area contributed by atoms with Crippen LogP contribution in [0.15, 0.2) is 24.4 Å². The first-order valence-electron chi connectivity index (χ1n) is 6.57. The molecule has 0 radical (unpaired) electrons. The number of benzene rings is 1. The number of rotatable bonds is 1. The van der Waals surface area contributed by atoms with Gasteiger partial charge in [0.1, 0.15) is 0 Å². The highest BCUT2D eigenvalue weighted by Crippen LogP contribution is 2.36. The van der Waals surface area contributed by atoms with E-state index >= 15 is 0 Å². The molecule has 2 heteroatoms. The number of nitrogens with two attached hydrogens (primary N) is 1.